The number of likely N-dealkylation sites (tertiary alicyclic amines) is 1. The van der Waals surface area contributed by atoms with Crippen molar-refractivity contribution in [2.45, 2.75) is 31.9 Å². The van der Waals surface area contributed by atoms with E-state index in [1.54, 1.807) is 30.5 Å². The summed E-state index contributed by atoms with van der Waals surface area (Å²) in [6.45, 7) is 2.63. The molecule has 0 saturated carbocycles. The van der Waals surface area contributed by atoms with Crippen molar-refractivity contribution < 1.29 is 14.6 Å². The Morgan fingerprint density at radius 2 is 1.94 bits per heavy atom. The molecule has 10 heteroatoms. The second-order valence-corrected chi connectivity index (χ2v) is 7.91. The van der Waals surface area contributed by atoms with E-state index in [1.165, 1.54) is 6.92 Å². The summed E-state index contributed by atoms with van der Waals surface area (Å²) in [5, 5.41) is 18.3. The molecule has 164 valence electrons. The minimum atomic E-state index is -0.983. The van der Waals surface area contributed by atoms with Gasteiger partial charge in [0.25, 0.3) is 5.91 Å². The van der Waals surface area contributed by atoms with Crippen LogP contribution in [0.3, 0.4) is 0 Å². The van der Waals surface area contributed by atoms with Crippen LogP contribution in [0.1, 0.15) is 25.8 Å². The minimum absolute atomic E-state index is 0.0803. The number of piperidine rings is 1. The summed E-state index contributed by atoms with van der Waals surface area (Å²) in [4.78, 5) is 27.4. The van der Waals surface area contributed by atoms with Crippen molar-refractivity contribution in [2.24, 2.45) is 0 Å². The summed E-state index contributed by atoms with van der Waals surface area (Å²) < 4.78 is 7.05. The van der Waals surface area contributed by atoms with Gasteiger partial charge in [-0.05, 0) is 38.0 Å². The molecule has 5 rings (SSSR count). The molecule has 0 radical (unpaired) electrons. The van der Waals surface area contributed by atoms with E-state index >= 15 is 0 Å². The first-order valence-electron chi connectivity index (χ1n) is 10.5. The van der Waals surface area contributed by atoms with Crippen LogP contribution in [-0.4, -0.2) is 72.2 Å². The highest BCUT2D eigenvalue weighted by Crippen LogP contribution is 2.30. The number of hydrogen-bond acceptors (Lipinski definition) is 8. The van der Waals surface area contributed by atoms with Gasteiger partial charge in [0.15, 0.2) is 0 Å². The van der Waals surface area contributed by atoms with E-state index < -0.39 is 6.10 Å². The van der Waals surface area contributed by atoms with E-state index in [0.717, 1.165) is 40.6 Å². The Kier molecular flexibility index (Phi) is 5.14. The molecule has 1 aliphatic rings. The van der Waals surface area contributed by atoms with Crippen LogP contribution in [-0.2, 0) is 4.79 Å². The Labute approximate surface area is 183 Å². The highest BCUT2D eigenvalue weighted by molar-refractivity contribution is 5.99. The van der Waals surface area contributed by atoms with E-state index in [-0.39, 0.29) is 11.9 Å². The third-order valence-electron chi connectivity index (χ3n) is 5.87. The molecule has 1 aliphatic heterocycles. The van der Waals surface area contributed by atoms with Gasteiger partial charge in [0.1, 0.15) is 22.7 Å². The third kappa shape index (κ3) is 3.52. The largest absolute Gasteiger partial charge is 0.481 e. The molecule has 0 aliphatic carbocycles. The van der Waals surface area contributed by atoms with Gasteiger partial charge in [-0.25, -0.2) is 14.6 Å². The second kappa shape index (κ2) is 8.12. The number of pyridine rings is 3. The molecule has 4 aromatic heterocycles. The molecular weight excluding hydrogens is 410 g/mol. The number of rotatable bonds is 4. The SMILES string of the molecule is COc1ccc(-c2ccc3ncc4nnn(C5CCN(C(=O)[C@H](C)O)CC5)c4c3n2)cn1. The predicted octanol–water partition coefficient (Wildman–Crippen LogP) is 1.99. The van der Waals surface area contributed by atoms with Gasteiger partial charge in [0.05, 0.1) is 30.6 Å². The molecule has 5 heterocycles. The molecule has 4 aromatic rings. The molecule has 0 unspecified atom stereocenters. The number of ether oxygens (including phenoxy) is 1. The maximum Gasteiger partial charge on any atom is 0.251 e. The lowest BCUT2D eigenvalue weighted by Crippen LogP contribution is -2.43. The summed E-state index contributed by atoms with van der Waals surface area (Å²) in [6.07, 6.45) is 3.91. The van der Waals surface area contributed by atoms with Crippen molar-refractivity contribution in [3.63, 3.8) is 0 Å². The van der Waals surface area contributed by atoms with Crippen molar-refractivity contribution in [1.29, 1.82) is 0 Å². The number of hydrogen-bond donors (Lipinski definition) is 1. The van der Waals surface area contributed by atoms with Crippen LogP contribution in [0.2, 0.25) is 0 Å². The third-order valence-corrected chi connectivity index (χ3v) is 5.87. The lowest BCUT2D eigenvalue weighted by Gasteiger charge is -2.32. The van der Waals surface area contributed by atoms with Gasteiger partial charge in [-0.3, -0.25) is 9.78 Å². The standard InChI is InChI=1S/C22H23N7O3/c1-13(30)22(31)28-9-7-15(8-10-28)29-21-18(26-27-29)12-23-17-5-4-16(25-20(17)21)14-3-6-19(32-2)24-11-14/h3-6,11-13,15,30H,7-10H2,1-2H3/t13-/m0/s1. The molecule has 0 aromatic carbocycles. The minimum Gasteiger partial charge on any atom is -0.481 e. The maximum atomic E-state index is 12.1. The number of fused-ring (bicyclic) bond motifs is 3. The number of aliphatic hydroxyl groups excluding tert-OH is 1. The van der Waals surface area contributed by atoms with Crippen LogP contribution in [0.5, 0.6) is 5.88 Å². The zero-order chi connectivity index (χ0) is 22.2. The Morgan fingerprint density at radius 3 is 2.62 bits per heavy atom. The van der Waals surface area contributed by atoms with Gasteiger partial charge >= 0.3 is 0 Å². The zero-order valence-corrected chi connectivity index (χ0v) is 17.8. The fourth-order valence-corrected chi connectivity index (χ4v) is 4.15. The van der Waals surface area contributed by atoms with Crippen molar-refractivity contribution in [3.8, 4) is 17.1 Å². The van der Waals surface area contributed by atoms with Crippen LogP contribution < -0.4 is 4.74 Å². The second-order valence-electron chi connectivity index (χ2n) is 7.91. The highest BCUT2D eigenvalue weighted by Gasteiger charge is 2.28. The zero-order valence-electron chi connectivity index (χ0n) is 17.8. The Morgan fingerprint density at radius 1 is 1.12 bits per heavy atom. The first-order valence-corrected chi connectivity index (χ1v) is 10.5. The summed E-state index contributed by atoms with van der Waals surface area (Å²) >= 11 is 0. The molecule has 1 fully saturated rings. The van der Waals surface area contributed by atoms with Crippen LogP contribution in [0.15, 0.2) is 36.7 Å². The Hall–Kier alpha value is -3.66. The van der Waals surface area contributed by atoms with Crippen molar-refractivity contribution in [2.75, 3.05) is 20.2 Å². The maximum absolute atomic E-state index is 12.1. The number of aliphatic hydroxyl groups is 1. The van der Waals surface area contributed by atoms with Crippen LogP contribution in [0.25, 0.3) is 33.3 Å². The van der Waals surface area contributed by atoms with Gasteiger partial charge in [0.2, 0.25) is 5.88 Å². The summed E-state index contributed by atoms with van der Waals surface area (Å²) in [5.41, 5.74) is 4.63. The van der Waals surface area contributed by atoms with E-state index in [2.05, 4.69) is 20.3 Å². The molecule has 0 spiro atoms. The monoisotopic (exact) mass is 433 g/mol. The smallest absolute Gasteiger partial charge is 0.251 e. The fraction of sp³-hybridized carbons (Fsp3) is 0.364. The van der Waals surface area contributed by atoms with Crippen molar-refractivity contribution in [1.82, 2.24) is 34.8 Å². The molecule has 1 atom stereocenters. The van der Waals surface area contributed by atoms with E-state index in [1.807, 2.05) is 22.9 Å². The lowest BCUT2D eigenvalue weighted by molar-refractivity contribution is -0.140. The molecule has 0 bridgehead atoms. The molecule has 32 heavy (non-hydrogen) atoms. The van der Waals surface area contributed by atoms with E-state index in [0.29, 0.717) is 24.5 Å². The summed E-state index contributed by atoms with van der Waals surface area (Å²) in [5.74, 6) is 0.308. The fourth-order valence-electron chi connectivity index (χ4n) is 4.15. The Bertz CT molecular complexity index is 1280. The predicted molar refractivity (Wildman–Crippen MR) is 117 cm³/mol. The highest BCUT2D eigenvalue weighted by atomic mass is 16.5. The Balaban J connectivity index is 1.52. The van der Waals surface area contributed by atoms with Crippen molar-refractivity contribution >= 4 is 28.0 Å². The summed E-state index contributed by atoms with van der Waals surface area (Å²) in [6, 6.07) is 7.64. The summed E-state index contributed by atoms with van der Waals surface area (Å²) in [7, 11) is 1.58. The van der Waals surface area contributed by atoms with Crippen LogP contribution >= 0.6 is 0 Å². The first kappa shape index (κ1) is 20.3. The van der Waals surface area contributed by atoms with Gasteiger partial charge in [-0.1, -0.05) is 5.21 Å². The average Bonchev–Trinajstić information content (AvgIpc) is 3.28. The number of nitrogens with zero attached hydrogens (tertiary/aromatic N) is 7. The quantitative estimate of drug-likeness (QED) is 0.519. The number of methoxy groups -OCH3 is 1. The van der Waals surface area contributed by atoms with Crippen LogP contribution in [0, 0.1) is 0 Å². The lowest BCUT2D eigenvalue weighted by atomic mass is 10.0. The first-order chi connectivity index (χ1) is 15.5. The van der Waals surface area contributed by atoms with Crippen molar-refractivity contribution in [3.05, 3.63) is 36.7 Å². The molecule has 1 amide bonds. The molecule has 10 nitrogen and oxygen atoms in total. The number of carbonyl (C=O) groups excluding carboxylic acids is 1. The normalized spacial score (nSPS) is 15.9. The molecule has 1 saturated heterocycles. The van der Waals surface area contributed by atoms with Gasteiger partial charge in [-0.15, -0.1) is 5.10 Å². The average molecular weight is 433 g/mol. The molecular formula is C22H23N7O3. The van der Waals surface area contributed by atoms with Crippen LogP contribution in [0.4, 0.5) is 0 Å². The number of amides is 1. The number of aromatic nitrogens is 6. The topological polar surface area (TPSA) is 119 Å². The van der Waals surface area contributed by atoms with Gasteiger partial charge in [0, 0.05) is 30.9 Å². The van der Waals surface area contributed by atoms with E-state index in [9.17, 15) is 9.90 Å². The number of carbonyl (C=O) groups is 1. The van der Waals surface area contributed by atoms with Gasteiger partial charge < -0.3 is 14.7 Å². The van der Waals surface area contributed by atoms with Gasteiger partial charge in [-0.2, -0.15) is 0 Å². The van der Waals surface area contributed by atoms with E-state index in [4.69, 9.17) is 9.72 Å². The molecule has 1 N–H and O–H groups in total.